The van der Waals surface area contributed by atoms with Crippen LogP contribution in [0.5, 0.6) is 0 Å². The summed E-state index contributed by atoms with van der Waals surface area (Å²) in [6.07, 6.45) is 0. The van der Waals surface area contributed by atoms with Gasteiger partial charge in [-0.1, -0.05) is 17.7 Å². The fourth-order valence-electron chi connectivity index (χ4n) is 2.63. The highest BCUT2D eigenvalue weighted by atomic mass is 35.5. The molecule has 2 aromatic rings. The third kappa shape index (κ3) is 3.72. The Balaban J connectivity index is 1.81. The number of rotatable bonds is 5. The van der Waals surface area contributed by atoms with Gasteiger partial charge in [0.2, 0.25) is 0 Å². The minimum absolute atomic E-state index is 0.231. The number of benzene rings is 1. The number of nitrogens with one attached hydrogen (secondary N) is 1. The molecule has 0 radical (unpaired) electrons. The summed E-state index contributed by atoms with van der Waals surface area (Å²) in [6, 6.07) is 8.79. The Morgan fingerprint density at radius 3 is 2.83 bits per heavy atom. The van der Waals surface area contributed by atoms with E-state index in [1.807, 2.05) is 12.1 Å². The number of nitrogens with zero attached hydrogens (tertiary/aromatic N) is 1. The molecule has 1 saturated heterocycles. The smallest absolute Gasteiger partial charge is 0.291 e. The van der Waals surface area contributed by atoms with Gasteiger partial charge in [0.15, 0.2) is 5.76 Å². The van der Waals surface area contributed by atoms with Crippen molar-refractivity contribution in [1.82, 2.24) is 0 Å². The molecule has 1 aliphatic rings. The van der Waals surface area contributed by atoms with Gasteiger partial charge >= 0.3 is 0 Å². The van der Waals surface area contributed by atoms with E-state index in [0.717, 1.165) is 18.8 Å². The van der Waals surface area contributed by atoms with Crippen molar-refractivity contribution in [2.75, 3.05) is 43.6 Å². The molecule has 7 heteroatoms. The molecule has 1 amide bonds. The van der Waals surface area contributed by atoms with E-state index in [1.54, 1.807) is 25.3 Å². The standard InChI is InChI=1S/C17H19ClN2O4/c1-22-11-12-5-6-15(24-12)17(21)19-14-4-2-3-13(18)16(14)20-7-9-23-10-8-20/h2-6H,7-11H2,1H3,(H,19,21). The number of morpholine rings is 1. The highest BCUT2D eigenvalue weighted by Gasteiger charge is 2.20. The number of anilines is 2. The maximum atomic E-state index is 12.4. The number of carbonyl (C=O) groups is 1. The fraction of sp³-hybridized carbons (Fsp3) is 0.353. The predicted molar refractivity (Wildman–Crippen MR) is 91.9 cm³/mol. The van der Waals surface area contributed by atoms with Crippen molar-refractivity contribution in [3.05, 3.63) is 46.9 Å². The van der Waals surface area contributed by atoms with E-state index in [9.17, 15) is 4.79 Å². The largest absolute Gasteiger partial charge is 0.453 e. The molecule has 3 rings (SSSR count). The van der Waals surface area contributed by atoms with E-state index in [2.05, 4.69) is 10.2 Å². The summed E-state index contributed by atoms with van der Waals surface area (Å²) in [5.74, 6) is 0.506. The van der Waals surface area contributed by atoms with Crippen molar-refractivity contribution < 1.29 is 18.7 Å². The first-order chi connectivity index (χ1) is 11.7. The second-order valence-corrected chi connectivity index (χ2v) is 5.80. The fourth-order valence-corrected chi connectivity index (χ4v) is 2.92. The highest BCUT2D eigenvalue weighted by Crippen LogP contribution is 2.34. The Kier molecular flexibility index (Phi) is 5.40. The number of halogens is 1. The van der Waals surface area contributed by atoms with Crippen LogP contribution in [0.1, 0.15) is 16.3 Å². The first-order valence-corrected chi connectivity index (χ1v) is 8.07. The summed E-state index contributed by atoms with van der Waals surface area (Å²) in [5.41, 5.74) is 1.46. The van der Waals surface area contributed by atoms with Gasteiger partial charge in [-0.25, -0.2) is 0 Å². The Bertz CT molecular complexity index is 710. The first kappa shape index (κ1) is 16.8. The summed E-state index contributed by atoms with van der Waals surface area (Å²) in [4.78, 5) is 14.6. The molecule has 0 bridgehead atoms. The number of hydrogen-bond acceptors (Lipinski definition) is 5. The minimum atomic E-state index is -0.325. The van der Waals surface area contributed by atoms with Crippen molar-refractivity contribution >= 4 is 28.9 Å². The average Bonchev–Trinajstić information content (AvgIpc) is 3.05. The number of ether oxygens (including phenoxy) is 2. The monoisotopic (exact) mass is 350 g/mol. The third-order valence-corrected chi connectivity index (χ3v) is 4.04. The van der Waals surface area contributed by atoms with E-state index in [0.29, 0.717) is 36.3 Å². The van der Waals surface area contributed by atoms with Gasteiger partial charge in [-0.2, -0.15) is 0 Å². The normalized spacial score (nSPS) is 14.7. The summed E-state index contributed by atoms with van der Waals surface area (Å²) in [7, 11) is 1.57. The van der Waals surface area contributed by atoms with Gasteiger partial charge in [-0.15, -0.1) is 0 Å². The quantitative estimate of drug-likeness (QED) is 0.897. The molecule has 1 N–H and O–H groups in total. The highest BCUT2D eigenvalue weighted by molar-refractivity contribution is 6.34. The lowest BCUT2D eigenvalue weighted by Crippen LogP contribution is -2.37. The summed E-state index contributed by atoms with van der Waals surface area (Å²) in [5, 5.41) is 3.47. The van der Waals surface area contributed by atoms with Crippen LogP contribution in [0.15, 0.2) is 34.7 Å². The molecule has 1 aromatic heterocycles. The Hall–Kier alpha value is -2.02. The number of hydrogen-bond donors (Lipinski definition) is 1. The van der Waals surface area contributed by atoms with Gasteiger partial charge < -0.3 is 24.1 Å². The van der Waals surface area contributed by atoms with Crippen molar-refractivity contribution in [3.63, 3.8) is 0 Å². The molecule has 0 atom stereocenters. The molecule has 2 heterocycles. The average molecular weight is 351 g/mol. The van der Waals surface area contributed by atoms with Crippen LogP contribution in [0, 0.1) is 0 Å². The van der Waals surface area contributed by atoms with Crippen LogP contribution in [0.25, 0.3) is 0 Å². The molecule has 0 aliphatic carbocycles. The van der Waals surface area contributed by atoms with Gasteiger partial charge in [-0.3, -0.25) is 4.79 Å². The van der Waals surface area contributed by atoms with Crippen LogP contribution < -0.4 is 10.2 Å². The van der Waals surface area contributed by atoms with Crippen molar-refractivity contribution in [2.24, 2.45) is 0 Å². The second-order valence-electron chi connectivity index (χ2n) is 5.39. The van der Waals surface area contributed by atoms with Crippen molar-refractivity contribution in [3.8, 4) is 0 Å². The molecule has 1 aromatic carbocycles. The van der Waals surface area contributed by atoms with E-state index in [-0.39, 0.29) is 11.7 Å². The molecule has 0 spiro atoms. The lowest BCUT2D eigenvalue weighted by Gasteiger charge is -2.31. The molecule has 0 saturated carbocycles. The molecule has 1 fully saturated rings. The zero-order chi connectivity index (χ0) is 16.9. The maximum Gasteiger partial charge on any atom is 0.291 e. The summed E-state index contributed by atoms with van der Waals surface area (Å²) >= 11 is 6.36. The zero-order valence-corrected chi connectivity index (χ0v) is 14.1. The molecular formula is C17H19ClN2O4. The molecule has 0 unspecified atom stereocenters. The SMILES string of the molecule is COCc1ccc(C(=O)Nc2cccc(Cl)c2N2CCOCC2)o1. The minimum Gasteiger partial charge on any atom is -0.453 e. The van der Waals surface area contributed by atoms with Crippen LogP contribution in [-0.4, -0.2) is 39.3 Å². The van der Waals surface area contributed by atoms with Crippen LogP contribution in [0.3, 0.4) is 0 Å². The van der Waals surface area contributed by atoms with E-state index in [1.165, 1.54) is 0 Å². The lowest BCUT2D eigenvalue weighted by atomic mass is 10.2. The predicted octanol–water partition coefficient (Wildman–Crippen LogP) is 3.17. The second kappa shape index (κ2) is 7.70. The van der Waals surface area contributed by atoms with Gasteiger partial charge in [0.1, 0.15) is 12.4 Å². The Labute approximate surface area is 145 Å². The molecular weight excluding hydrogens is 332 g/mol. The van der Waals surface area contributed by atoms with Crippen LogP contribution >= 0.6 is 11.6 Å². The van der Waals surface area contributed by atoms with Crippen molar-refractivity contribution in [2.45, 2.75) is 6.61 Å². The molecule has 6 nitrogen and oxygen atoms in total. The van der Waals surface area contributed by atoms with Gasteiger partial charge in [0.05, 0.1) is 29.6 Å². The molecule has 1 aliphatic heterocycles. The zero-order valence-electron chi connectivity index (χ0n) is 13.4. The number of para-hydroxylation sites is 1. The van der Waals surface area contributed by atoms with Crippen LogP contribution in [0.4, 0.5) is 11.4 Å². The number of furan rings is 1. The van der Waals surface area contributed by atoms with Gasteiger partial charge in [0, 0.05) is 20.2 Å². The summed E-state index contributed by atoms with van der Waals surface area (Å²) < 4.78 is 15.8. The topological polar surface area (TPSA) is 63.9 Å². The molecule has 24 heavy (non-hydrogen) atoms. The van der Waals surface area contributed by atoms with Gasteiger partial charge in [0.25, 0.3) is 5.91 Å². The Morgan fingerprint density at radius 2 is 2.08 bits per heavy atom. The van der Waals surface area contributed by atoms with Crippen molar-refractivity contribution in [1.29, 1.82) is 0 Å². The Morgan fingerprint density at radius 1 is 1.29 bits per heavy atom. The van der Waals surface area contributed by atoms with Crippen LogP contribution in [-0.2, 0) is 16.1 Å². The lowest BCUT2D eigenvalue weighted by molar-refractivity contribution is 0.0987. The van der Waals surface area contributed by atoms with Crippen LogP contribution in [0.2, 0.25) is 5.02 Å². The maximum absolute atomic E-state index is 12.4. The number of carbonyl (C=O) groups excluding carboxylic acids is 1. The van der Waals surface area contributed by atoms with Gasteiger partial charge in [-0.05, 0) is 24.3 Å². The van der Waals surface area contributed by atoms with E-state index >= 15 is 0 Å². The third-order valence-electron chi connectivity index (χ3n) is 3.73. The van der Waals surface area contributed by atoms with E-state index in [4.69, 9.17) is 25.5 Å². The summed E-state index contributed by atoms with van der Waals surface area (Å²) in [6.45, 7) is 3.05. The number of amides is 1. The number of methoxy groups -OCH3 is 1. The first-order valence-electron chi connectivity index (χ1n) is 7.69. The molecule has 128 valence electrons. The van der Waals surface area contributed by atoms with E-state index < -0.39 is 0 Å².